The topological polar surface area (TPSA) is 4.93 Å². The highest BCUT2D eigenvalue weighted by atomic mass is 30.2. The lowest BCUT2D eigenvalue weighted by atomic mass is 10.0. The summed E-state index contributed by atoms with van der Waals surface area (Å²) in [6.07, 6.45) is 0.929. The van der Waals surface area contributed by atoms with Crippen LogP contribution in [0.5, 0.6) is 0 Å². The largest absolute Gasteiger partial charge is 0.309 e. The number of para-hydroxylation sites is 1. The van der Waals surface area contributed by atoms with Crippen molar-refractivity contribution in [2.45, 2.75) is 13.0 Å². The number of aromatic nitrogens is 1. The van der Waals surface area contributed by atoms with Gasteiger partial charge in [0.25, 0.3) is 0 Å². The highest BCUT2D eigenvalue weighted by Crippen LogP contribution is 2.51. The van der Waals surface area contributed by atoms with Crippen molar-refractivity contribution in [3.8, 4) is 16.8 Å². The molecule has 1 nitrogen and oxygen atoms in total. The molecule has 0 atom stereocenters. The van der Waals surface area contributed by atoms with Crippen LogP contribution in [0.15, 0.2) is 267 Å². The molecule has 0 amide bonds. The molecule has 5 heteroatoms. The molecule has 11 aromatic rings. The number of hydrogen-bond acceptors (Lipinski definition) is 0. The van der Waals surface area contributed by atoms with Crippen LogP contribution in [0.3, 0.4) is 0 Å². The third-order valence-corrected chi connectivity index (χ3v) is 96.2. The molecule has 0 N–H and O–H groups in total. The van der Waals surface area contributed by atoms with E-state index in [1.807, 2.05) is 0 Å². The van der Waals surface area contributed by atoms with Crippen molar-refractivity contribution in [3.63, 3.8) is 0 Å². The van der Waals surface area contributed by atoms with E-state index >= 15 is 0 Å². The summed E-state index contributed by atoms with van der Waals surface area (Å²) in [5.41, 5.74) is 9.41. The maximum atomic E-state index is 2.88. The van der Waals surface area contributed by atoms with Crippen LogP contribution in [0.2, 0.25) is 6.55 Å². The molecule has 0 bridgehead atoms. The maximum absolute atomic E-state index is 3.16. The standard InChI is InChI=1S/C62H49NSi4/c1-64(49-27-8-2-9-28-49)65(50-29-10-3-11-30-50,51-31-12-4-13-32-51)67(54-37-18-7-19-38-54,66(64,52-33-14-5-15-34-52)53-35-16-6-17-36-53)55-39-24-26-48(46-55)63-61-42-23-22-41-58(61)59-44-43-57-56-40-21-20-25-47(56)45-60(57)62(59)63/h2-44,46H,45H2,1H3. The monoisotopic (exact) mass is 919 g/mol. The first-order valence-electron chi connectivity index (χ1n) is 23.7. The molecule has 0 unspecified atom stereocenters. The van der Waals surface area contributed by atoms with Crippen LogP contribution in [0.1, 0.15) is 11.1 Å². The van der Waals surface area contributed by atoms with Gasteiger partial charge >= 0.3 is 0 Å². The van der Waals surface area contributed by atoms with E-state index in [0.29, 0.717) is 0 Å². The molecule has 1 aromatic heterocycles. The fourth-order valence-corrected chi connectivity index (χ4v) is 138. The SMILES string of the molecule is C[Si]1(c2ccccc2)[Si](c2ccccc2)(c2ccccc2)[Si](c2ccccc2)(c2cccc(-n3c4ccccc4c4ccc5c(c43)Cc3ccccc3-5)c2)[Si]1(c1ccccc1)c1ccccc1. The summed E-state index contributed by atoms with van der Waals surface area (Å²) in [7, 11) is -11.9. The molecule has 2 heterocycles. The Hall–Kier alpha value is -7.13. The van der Waals surface area contributed by atoms with Gasteiger partial charge in [0.1, 0.15) is 21.3 Å². The lowest BCUT2D eigenvalue weighted by Crippen LogP contribution is -3.23. The second kappa shape index (κ2) is 15.5. The third-order valence-electron chi connectivity index (χ3n) is 16.2. The molecular weight excluding hydrogens is 871 g/mol. The van der Waals surface area contributed by atoms with Crippen molar-refractivity contribution in [1.82, 2.24) is 4.57 Å². The van der Waals surface area contributed by atoms with Crippen LogP contribution in [-0.2, 0) is 6.42 Å². The first kappa shape index (κ1) is 40.2. The predicted octanol–water partition coefficient (Wildman–Crippen LogP) is 9.76. The Morgan fingerprint density at radius 1 is 0.328 bits per heavy atom. The molecule has 0 saturated carbocycles. The molecule has 318 valence electrons. The third kappa shape index (κ3) is 5.17. The van der Waals surface area contributed by atoms with Crippen molar-refractivity contribution in [3.05, 3.63) is 278 Å². The maximum Gasteiger partial charge on any atom is 0.120 e. The Labute approximate surface area is 396 Å². The average molecular weight is 920 g/mol. The van der Waals surface area contributed by atoms with Gasteiger partial charge < -0.3 is 4.57 Å². The zero-order chi connectivity index (χ0) is 44.6. The molecule has 0 radical (unpaired) electrons. The molecule has 0 spiro atoms. The van der Waals surface area contributed by atoms with Gasteiger partial charge in [0.15, 0.2) is 0 Å². The summed E-state index contributed by atoms with van der Waals surface area (Å²) in [6, 6.07) is 105. The van der Waals surface area contributed by atoms with Gasteiger partial charge in [0.05, 0.1) is 18.1 Å². The van der Waals surface area contributed by atoms with Crippen molar-refractivity contribution in [1.29, 1.82) is 0 Å². The molecular formula is C62H49NSi4. The summed E-state index contributed by atoms with van der Waals surface area (Å²) < 4.78 is 2.65. The van der Waals surface area contributed by atoms with Crippen molar-refractivity contribution < 1.29 is 0 Å². The van der Waals surface area contributed by atoms with Crippen molar-refractivity contribution in [2.24, 2.45) is 0 Å². The Kier molecular flexibility index (Phi) is 9.28. The zero-order valence-electron chi connectivity index (χ0n) is 37.6. The molecule has 1 fully saturated rings. The van der Waals surface area contributed by atoms with Crippen LogP contribution in [-0.4, -0.2) is 33.0 Å². The minimum atomic E-state index is -3.16. The molecule has 1 aliphatic carbocycles. The van der Waals surface area contributed by atoms with E-state index < -0.39 is 28.4 Å². The fraction of sp³-hybridized carbons (Fsp3) is 0.0323. The number of fused-ring (bicyclic) bond motifs is 7. The number of hydrogen-bond donors (Lipinski definition) is 0. The summed E-state index contributed by atoms with van der Waals surface area (Å²) in [5.74, 6) is 0. The lowest BCUT2D eigenvalue weighted by molar-refractivity contribution is 1.15. The minimum Gasteiger partial charge on any atom is -0.309 e. The summed E-state index contributed by atoms with van der Waals surface area (Å²) >= 11 is 0. The van der Waals surface area contributed by atoms with E-state index in [2.05, 4.69) is 278 Å². The fourth-order valence-electron chi connectivity index (χ4n) is 14.1. The highest BCUT2D eigenvalue weighted by molar-refractivity contribution is 8.25. The van der Waals surface area contributed by atoms with Crippen molar-refractivity contribution in [2.75, 3.05) is 0 Å². The van der Waals surface area contributed by atoms with Gasteiger partial charge in [-0.15, -0.1) is 0 Å². The number of rotatable bonds is 8. The van der Waals surface area contributed by atoms with Crippen LogP contribution >= 0.6 is 0 Å². The van der Waals surface area contributed by atoms with Gasteiger partial charge in [-0.2, -0.15) is 0 Å². The molecule has 1 aliphatic heterocycles. The van der Waals surface area contributed by atoms with Gasteiger partial charge in [-0.25, -0.2) is 0 Å². The zero-order valence-corrected chi connectivity index (χ0v) is 41.6. The van der Waals surface area contributed by atoms with Crippen LogP contribution in [0.4, 0.5) is 0 Å². The van der Waals surface area contributed by atoms with Gasteiger partial charge in [0.2, 0.25) is 0 Å². The molecule has 10 aromatic carbocycles. The molecule has 13 rings (SSSR count). The predicted molar refractivity (Wildman–Crippen MR) is 294 cm³/mol. The molecule has 1 saturated heterocycles. The number of benzene rings is 10. The van der Waals surface area contributed by atoms with Crippen molar-refractivity contribution >= 4 is 86.5 Å². The van der Waals surface area contributed by atoms with Gasteiger partial charge in [0, 0.05) is 22.9 Å². The van der Waals surface area contributed by atoms with Crippen LogP contribution < -0.4 is 36.3 Å². The Balaban J connectivity index is 1.25. The summed E-state index contributed by atoms with van der Waals surface area (Å²) in [4.78, 5) is 0. The van der Waals surface area contributed by atoms with E-state index in [-0.39, 0.29) is 0 Å². The molecule has 67 heavy (non-hydrogen) atoms. The summed E-state index contributed by atoms with van der Waals surface area (Å²) in [6.45, 7) is 2.88. The first-order valence-corrected chi connectivity index (χ1v) is 36.2. The van der Waals surface area contributed by atoms with E-state index in [0.717, 1.165) is 6.42 Å². The van der Waals surface area contributed by atoms with Gasteiger partial charge in [-0.05, 0) is 40.5 Å². The van der Waals surface area contributed by atoms with Crippen LogP contribution in [0, 0.1) is 0 Å². The lowest BCUT2D eigenvalue weighted by Gasteiger charge is -2.78. The summed E-state index contributed by atoms with van der Waals surface area (Å²) in [5, 5.41) is 13.6. The number of nitrogens with zero attached hydrogens (tertiary/aromatic N) is 1. The quantitative estimate of drug-likeness (QED) is 0.134. The Bertz CT molecular complexity index is 3440. The second-order valence-electron chi connectivity index (χ2n) is 18.8. The van der Waals surface area contributed by atoms with E-state index in [1.54, 1.807) is 36.3 Å². The Morgan fingerprint density at radius 3 is 1.30 bits per heavy atom. The normalized spacial score (nSPS) is 18.8. The van der Waals surface area contributed by atoms with Crippen LogP contribution in [0.25, 0.3) is 38.6 Å². The van der Waals surface area contributed by atoms with Gasteiger partial charge in [-0.1, -0.05) is 292 Å². The smallest absolute Gasteiger partial charge is 0.120 e. The first-order chi connectivity index (χ1) is 33.2. The second-order valence-corrected chi connectivity index (χ2v) is 55.1. The van der Waals surface area contributed by atoms with E-state index in [1.165, 1.54) is 49.7 Å². The van der Waals surface area contributed by atoms with E-state index in [4.69, 9.17) is 0 Å². The minimum absolute atomic E-state index is 0.929. The van der Waals surface area contributed by atoms with Gasteiger partial charge in [-0.3, -0.25) is 0 Å². The highest BCUT2D eigenvalue weighted by Gasteiger charge is 2.92. The Morgan fingerprint density at radius 2 is 0.761 bits per heavy atom. The average Bonchev–Trinajstić information content (AvgIpc) is 3.96. The van der Waals surface area contributed by atoms with E-state index in [9.17, 15) is 0 Å². The molecule has 2 aliphatic rings.